The van der Waals surface area contributed by atoms with Gasteiger partial charge in [0.1, 0.15) is 5.00 Å². The lowest BCUT2D eigenvalue weighted by Gasteiger charge is -2.11. The smallest absolute Gasteiger partial charge is 0.251 e. The van der Waals surface area contributed by atoms with Crippen molar-refractivity contribution in [3.05, 3.63) is 16.0 Å². The SMILES string of the molecule is NC(=O)c1c(NC(=O)CC2CCCC2)sc2c1CCCC2. The molecule has 1 aromatic heterocycles. The fourth-order valence-corrected chi connectivity index (χ4v) is 4.88. The molecular formula is C16H22N2O2S. The molecule has 0 atom stereocenters. The molecule has 0 spiro atoms. The fourth-order valence-electron chi connectivity index (χ4n) is 3.57. The zero-order valence-corrected chi connectivity index (χ0v) is 13.1. The van der Waals surface area contributed by atoms with E-state index in [4.69, 9.17) is 5.73 Å². The van der Waals surface area contributed by atoms with Gasteiger partial charge in [-0.25, -0.2) is 0 Å². The fraction of sp³-hybridized carbons (Fsp3) is 0.625. The van der Waals surface area contributed by atoms with Gasteiger partial charge in [-0.05, 0) is 50.0 Å². The van der Waals surface area contributed by atoms with E-state index in [9.17, 15) is 9.59 Å². The Kier molecular flexibility index (Phi) is 4.29. The number of nitrogens with one attached hydrogen (secondary N) is 1. The Hall–Kier alpha value is -1.36. The first-order chi connectivity index (χ1) is 10.1. The van der Waals surface area contributed by atoms with Crippen LogP contribution in [0.25, 0.3) is 0 Å². The van der Waals surface area contributed by atoms with E-state index in [0.29, 0.717) is 22.9 Å². The summed E-state index contributed by atoms with van der Waals surface area (Å²) in [5, 5.41) is 3.63. The number of hydrogen-bond donors (Lipinski definition) is 2. The zero-order valence-electron chi connectivity index (χ0n) is 12.2. The number of fused-ring (bicyclic) bond motifs is 1. The summed E-state index contributed by atoms with van der Waals surface area (Å²) in [6.45, 7) is 0. The van der Waals surface area contributed by atoms with Gasteiger partial charge in [0.25, 0.3) is 5.91 Å². The van der Waals surface area contributed by atoms with E-state index in [1.54, 1.807) is 11.3 Å². The Morgan fingerprint density at radius 2 is 1.86 bits per heavy atom. The van der Waals surface area contributed by atoms with Crippen LogP contribution in [0.1, 0.15) is 65.7 Å². The van der Waals surface area contributed by atoms with Crippen LogP contribution in [0.15, 0.2) is 0 Å². The molecule has 1 fully saturated rings. The third-order valence-electron chi connectivity index (χ3n) is 4.62. The summed E-state index contributed by atoms with van der Waals surface area (Å²) in [6.07, 6.45) is 9.49. The van der Waals surface area contributed by atoms with E-state index in [1.807, 2.05) is 0 Å². The van der Waals surface area contributed by atoms with Crippen molar-refractivity contribution >= 4 is 28.2 Å². The van der Waals surface area contributed by atoms with Gasteiger partial charge in [0, 0.05) is 11.3 Å². The second-order valence-electron chi connectivity index (χ2n) is 6.18. The zero-order chi connectivity index (χ0) is 14.8. The number of carbonyl (C=O) groups excluding carboxylic acids is 2. The molecule has 0 radical (unpaired) electrons. The lowest BCUT2D eigenvalue weighted by atomic mass is 9.95. The third-order valence-corrected chi connectivity index (χ3v) is 5.83. The van der Waals surface area contributed by atoms with Crippen LogP contribution in [-0.4, -0.2) is 11.8 Å². The minimum Gasteiger partial charge on any atom is -0.365 e. The van der Waals surface area contributed by atoms with Crippen molar-refractivity contribution < 1.29 is 9.59 Å². The first kappa shape index (κ1) is 14.6. The molecule has 0 saturated heterocycles. The van der Waals surface area contributed by atoms with Crippen LogP contribution in [-0.2, 0) is 17.6 Å². The number of anilines is 1. The van der Waals surface area contributed by atoms with Crippen LogP contribution < -0.4 is 11.1 Å². The number of carbonyl (C=O) groups is 2. The molecule has 4 nitrogen and oxygen atoms in total. The largest absolute Gasteiger partial charge is 0.365 e. The highest BCUT2D eigenvalue weighted by Gasteiger charge is 2.26. The van der Waals surface area contributed by atoms with Gasteiger partial charge in [-0.2, -0.15) is 0 Å². The minimum atomic E-state index is -0.412. The van der Waals surface area contributed by atoms with Gasteiger partial charge < -0.3 is 11.1 Å². The molecule has 3 N–H and O–H groups in total. The molecule has 5 heteroatoms. The molecule has 1 aromatic rings. The van der Waals surface area contributed by atoms with Gasteiger partial charge in [-0.3, -0.25) is 9.59 Å². The monoisotopic (exact) mass is 306 g/mol. The normalized spacial score (nSPS) is 18.5. The lowest BCUT2D eigenvalue weighted by Crippen LogP contribution is -2.19. The molecule has 3 rings (SSSR count). The standard InChI is InChI=1S/C16H22N2O2S/c17-15(20)14-11-7-3-4-8-12(11)21-16(14)18-13(19)9-10-5-1-2-6-10/h10H,1-9H2,(H2,17,20)(H,18,19). The van der Waals surface area contributed by atoms with Crippen molar-refractivity contribution in [1.29, 1.82) is 0 Å². The van der Waals surface area contributed by atoms with E-state index in [0.717, 1.165) is 44.1 Å². The average Bonchev–Trinajstić information content (AvgIpc) is 3.04. The Labute approximate surface area is 129 Å². The predicted octanol–water partition coefficient (Wildman–Crippen LogP) is 3.24. The van der Waals surface area contributed by atoms with Crippen molar-refractivity contribution in [3.63, 3.8) is 0 Å². The summed E-state index contributed by atoms with van der Waals surface area (Å²) >= 11 is 1.54. The van der Waals surface area contributed by atoms with Crippen LogP contribution >= 0.6 is 11.3 Å². The number of aryl methyl sites for hydroxylation is 1. The van der Waals surface area contributed by atoms with Crippen LogP contribution in [0.3, 0.4) is 0 Å². The van der Waals surface area contributed by atoms with Crippen molar-refractivity contribution in [2.75, 3.05) is 5.32 Å². The number of primary amides is 1. The summed E-state index contributed by atoms with van der Waals surface area (Å²) in [4.78, 5) is 25.2. The maximum atomic E-state index is 12.2. The Balaban J connectivity index is 1.76. The van der Waals surface area contributed by atoms with Crippen LogP contribution in [0, 0.1) is 5.92 Å². The molecule has 2 aliphatic rings. The summed E-state index contributed by atoms with van der Waals surface area (Å²) in [5.41, 5.74) is 7.18. The number of thiophene rings is 1. The van der Waals surface area contributed by atoms with Gasteiger partial charge >= 0.3 is 0 Å². The molecule has 2 aliphatic carbocycles. The molecule has 1 saturated carbocycles. The highest BCUT2D eigenvalue weighted by atomic mass is 32.1. The molecule has 114 valence electrons. The predicted molar refractivity (Wildman–Crippen MR) is 84.7 cm³/mol. The molecule has 0 aliphatic heterocycles. The van der Waals surface area contributed by atoms with Gasteiger partial charge in [0.15, 0.2) is 0 Å². The van der Waals surface area contributed by atoms with E-state index >= 15 is 0 Å². The summed E-state index contributed by atoms with van der Waals surface area (Å²) < 4.78 is 0. The van der Waals surface area contributed by atoms with Crippen LogP contribution in [0.4, 0.5) is 5.00 Å². The van der Waals surface area contributed by atoms with Crippen LogP contribution in [0.5, 0.6) is 0 Å². The number of amides is 2. The van der Waals surface area contributed by atoms with Crippen molar-refractivity contribution in [1.82, 2.24) is 0 Å². The molecule has 21 heavy (non-hydrogen) atoms. The highest BCUT2D eigenvalue weighted by Crippen LogP contribution is 2.38. The minimum absolute atomic E-state index is 0.0306. The van der Waals surface area contributed by atoms with Gasteiger partial charge in [0.05, 0.1) is 5.56 Å². The van der Waals surface area contributed by atoms with E-state index in [1.165, 1.54) is 17.7 Å². The molecule has 0 bridgehead atoms. The Bertz CT molecular complexity index is 559. The second-order valence-corrected chi connectivity index (χ2v) is 7.29. The van der Waals surface area contributed by atoms with Crippen molar-refractivity contribution in [2.45, 2.75) is 57.8 Å². The van der Waals surface area contributed by atoms with Gasteiger partial charge in [-0.1, -0.05) is 12.8 Å². The first-order valence-electron chi connectivity index (χ1n) is 7.89. The maximum Gasteiger partial charge on any atom is 0.251 e. The van der Waals surface area contributed by atoms with Crippen LogP contribution in [0.2, 0.25) is 0 Å². The number of rotatable bonds is 4. The number of hydrogen-bond acceptors (Lipinski definition) is 3. The maximum absolute atomic E-state index is 12.2. The average molecular weight is 306 g/mol. The molecule has 1 heterocycles. The number of nitrogens with two attached hydrogens (primary N) is 1. The highest BCUT2D eigenvalue weighted by molar-refractivity contribution is 7.17. The van der Waals surface area contributed by atoms with E-state index < -0.39 is 5.91 Å². The summed E-state index contributed by atoms with van der Waals surface area (Å²) in [5.74, 6) is 0.130. The van der Waals surface area contributed by atoms with Gasteiger partial charge in [0.2, 0.25) is 5.91 Å². The topological polar surface area (TPSA) is 72.2 Å². The van der Waals surface area contributed by atoms with E-state index in [2.05, 4.69) is 5.32 Å². The van der Waals surface area contributed by atoms with Crippen molar-refractivity contribution in [3.8, 4) is 0 Å². The first-order valence-corrected chi connectivity index (χ1v) is 8.71. The van der Waals surface area contributed by atoms with Gasteiger partial charge in [-0.15, -0.1) is 11.3 Å². The molecule has 0 aromatic carbocycles. The quantitative estimate of drug-likeness (QED) is 0.896. The third kappa shape index (κ3) is 3.12. The summed E-state index contributed by atoms with van der Waals surface area (Å²) in [7, 11) is 0. The summed E-state index contributed by atoms with van der Waals surface area (Å²) in [6, 6.07) is 0. The Morgan fingerprint density at radius 3 is 2.57 bits per heavy atom. The lowest BCUT2D eigenvalue weighted by molar-refractivity contribution is -0.117. The van der Waals surface area contributed by atoms with Crippen molar-refractivity contribution in [2.24, 2.45) is 11.7 Å². The molecule has 0 unspecified atom stereocenters. The Morgan fingerprint density at radius 1 is 1.14 bits per heavy atom. The van der Waals surface area contributed by atoms with E-state index in [-0.39, 0.29) is 5.91 Å². The second kappa shape index (κ2) is 6.18. The molecular weight excluding hydrogens is 284 g/mol. The molecule has 2 amide bonds.